The first kappa shape index (κ1) is 17.0. The first-order chi connectivity index (χ1) is 9.08. The van der Waals surface area contributed by atoms with Crippen molar-refractivity contribution < 1.29 is 0 Å². The molecular weight excluding hydrogens is 232 g/mol. The van der Waals surface area contributed by atoms with Crippen molar-refractivity contribution in [3.63, 3.8) is 0 Å². The van der Waals surface area contributed by atoms with Gasteiger partial charge in [0.15, 0.2) is 0 Å². The second-order valence-corrected chi connectivity index (χ2v) is 6.72. The maximum Gasteiger partial charge on any atom is 0.0235 e. The summed E-state index contributed by atoms with van der Waals surface area (Å²) >= 11 is 0. The van der Waals surface area contributed by atoms with Crippen molar-refractivity contribution in [2.45, 2.75) is 78.8 Å². The molecule has 0 saturated carbocycles. The maximum atomic E-state index is 2.77. The van der Waals surface area contributed by atoms with Crippen molar-refractivity contribution in [3.05, 3.63) is 0 Å². The third kappa shape index (κ3) is 5.83. The van der Waals surface area contributed by atoms with Gasteiger partial charge in [0.1, 0.15) is 0 Å². The van der Waals surface area contributed by atoms with E-state index in [1.807, 2.05) is 0 Å². The predicted octanol–water partition coefficient (Wildman–Crippen LogP) is 4.01. The molecule has 1 heterocycles. The molecule has 1 aliphatic rings. The highest BCUT2D eigenvalue weighted by atomic mass is 15.3. The zero-order valence-corrected chi connectivity index (χ0v) is 14.0. The highest BCUT2D eigenvalue weighted by Crippen LogP contribution is 2.19. The van der Waals surface area contributed by atoms with Crippen molar-refractivity contribution in [1.29, 1.82) is 0 Å². The van der Waals surface area contributed by atoms with Gasteiger partial charge >= 0.3 is 0 Å². The second-order valence-electron chi connectivity index (χ2n) is 6.72. The summed E-state index contributed by atoms with van der Waals surface area (Å²) in [6.45, 7) is 16.9. The summed E-state index contributed by atoms with van der Waals surface area (Å²) in [4.78, 5) is 5.41. The van der Waals surface area contributed by atoms with Crippen molar-refractivity contribution in [2.24, 2.45) is 5.92 Å². The lowest BCUT2D eigenvalue weighted by molar-refractivity contribution is 0.177. The van der Waals surface area contributed by atoms with Gasteiger partial charge < -0.3 is 0 Å². The van der Waals surface area contributed by atoms with E-state index < -0.39 is 0 Å². The Morgan fingerprint density at radius 1 is 1.16 bits per heavy atom. The lowest BCUT2D eigenvalue weighted by Gasteiger charge is -2.30. The second kappa shape index (κ2) is 8.97. The molecule has 0 radical (unpaired) electrons. The molecule has 1 aliphatic heterocycles. The molecule has 2 nitrogen and oxygen atoms in total. The average Bonchev–Trinajstić information content (AvgIpc) is 2.87. The van der Waals surface area contributed by atoms with Crippen LogP contribution in [0.25, 0.3) is 0 Å². The molecular formula is C17H36N2. The van der Waals surface area contributed by atoms with Gasteiger partial charge in [0.25, 0.3) is 0 Å². The molecule has 1 rings (SSSR count). The van der Waals surface area contributed by atoms with Crippen LogP contribution in [-0.2, 0) is 0 Å². The van der Waals surface area contributed by atoms with Crippen LogP contribution in [0.5, 0.6) is 0 Å². The van der Waals surface area contributed by atoms with Crippen LogP contribution in [0.3, 0.4) is 0 Å². The topological polar surface area (TPSA) is 6.48 Å². The molecule has 114 valence electrons. The molecule has 0 aromatic rings. The highest BCUT2D eigenvalue weighted by molar-refractivity contribution is 4.84. The molecule has 2 atom stereocenters. The lowest BCUT2D eigenvalue weighted by Crippen LogP contribution is -2.40. The SMILES string of the molecule is CCCN(CCCC(C)CC)C1CCN(C(C)C)C1. The van der Waals surface area contributed by atoms with E-state index >= 15 is 0 Å². The zero-order chi connectivity index (χ0) is 14.3. The van der Waals surface area contributed by atoms with Gasteiger partial charge in [-0.3, -0.25) is 9.80 Å². The molecule has 0 aromatic heterocycles. The summed E-state index contributed by atoms with van der Waals surface area (Å²) in [6.07, 6.45) is 6.78. The fraction of sp³-hybridized carbons (Fsp3) is 1.00. The maximum absolute atomic E-state index is 2.77. The van der Waals surface area contributed by atoms with E-state index in [2.05, 4.69) is 44.4 Å². The van der Waals surface area contributed by atoms with E-state index in [4.69, 9.17) is 0 Å². The molecule has 0 aliphatic carbocycles. The van der Waals surface area contributed by atoms with Gasteiger partial charge in [0.05, 0.1) is 0 Å². The Labute approximate surface area is 121 Å². The molecule has 19 heavy (non-hydrogen) atoms. The summed E-state index contributed by atoms with van der Waals surface area (Å²) < 4.78 is 0. The Morgan fingerprint density at radius 2 is 1.89 bits per heavy atom. The molecule has 2 heteroatoms. The van der Waals surface area contributed by atoms with Crippen LogP contribution >= 0.6 is 0 Å². The number of hydrogen-bond acceptors (Lipinski definition) is 2. The monoisotopic (exact) mass is 268 g/mol. The number of hydrogen-bond donors (Lipinski definition) is 0. The van der Waals surface area contributed by atoms with Gasteiger partial charge in [-0.05, 0) is 58.5 Å². The minimum absolute atomic E-state index is 0.716. The summed E-state index contributed by atoms with van der Waals surface area (Å²) in [5.41, 5.74) is 0. The minimum Gasteiger partial charge on any atom is -0.299 e. The van der Waals surface area contributed by atoms with Crippen LogP contribution < -0.4 is 0 Å². The third-order valence-electron chi connectivity index (χ3n) is 4.79. The van der Waals surface area contributed by atoms with Crippen LogP contribution in [-0.4, -0.2) is 48.1 Å². The Bertz CT molecular complexity index is 227. The van der Waals surface area contributed by atoms with Crippen molar-refractivity contribution >= 4 is 0 Å². The quantitative estimate of drug-likeness (QED) is 0.623. The van der Waals surface area contributed by atoms with Crippen molar-refractivity contribution in [3.8, 4) is 0 Å². The Balaban J connectivity index is 2.35. The first-order valence-corrected chi connectivity index (χ1v) is 8.56. The van der Waals surface area contributed by atoms with Gasteiger partial charge in [-0.2, -0.15) is 0 Å². The molecule has 2 unspecified atom stereocenters. The lowest BCUT2D eigenvalue weighted by atomic mass is 10.0. The molecule has 0 N–H and O–H groups in total. The molecule has 1 saturated heterocycles. The fourth-order valence-electron chi connectivity index (χ4n) is 3.15. The standard InChI is InChI=1S/C17H36N2/c1-6-11-18(12-8-9-16(5)7-2)17-10-13-19(14-17)15(3)4/h15-17H,6-14H2,1-5H3. The fourth-order valence-corrected chi connectivity index (χ4v) is 3.15. The normalized spacial score (nSPS) is 22.6. The minimum atomic E-state index is 0.716. The predicted molar refractivity (Wildman–Crippen MR) is 85.7 cm³/mol. The molecule has 1 fully saturated rings. The first-order valence-electron chi connectivity index (χ1n) is 8.56. The van der Waals surface area contributed by atoms with Gasteiger partial charge in [0, 0.05) is 25.2 Å². The molecule has 0 spiro atoms. The molecule has 0 bridgehead atoms. The third-order valence-corrected chi connectivity index (χ3v) is 4.79. The van der Waals surface area contributed by atoms with Crippen molar-refractivity contribution in [1.82, 2.24) is 9.80 Å². The number of rotatable bonds is 9. The Hall–Kier alpha value is -0.0800. The smallest absolute Gasteiger partial charge is 0.0235 e. The number of nitrogens with zero attached hydrogens (tertiary/aromatic N) is 2. The average molecular weight is 268 g/mol. The van der Waals surface area contributed by atoms with Crippen molar-refractivity contribution in [2.75, 3.05) is 26.2 Å². The summed E-state index contributed by atoms with van der Waals surface area (Å²) in [6, 6.07) is 1.54. The van der Waals surface area contributed by atoms with Crippen LogP contribution in [0.2, 0.25) is 0 Å². The van der Waals surface area contributed by atoms with Crippen LogP contribution in [0.4, 0.5) is 0 Å². The van der Waals surface area contributed by atoms with Gasteiger partial charge in [-0.25, -0.2) is 0 Å². The largest absolute Gasteiger partial charge is 0.299 e. The summed E-state index contributed by atoms with van der Waals surface area (Å²) in [5.74, 6) is 0.902. The molecule has 0 aromatic carbocycles. The number of likely N-dealkylation sites (tertiary alicyclic amines) is 1. The highest BCUT2D eigenvalue weighted by Gasteiger charge is 2.28. The summed E-state index contributed by atoms with van der Waals surface area (Å²) in [5, 5.41) is 0. The zero-order valence-electron chi connectivity index (χ0n) is 14.0. The van der Waals surface area contributed by atoms with E-state index in [0.29, 0.717) is 6.04 Å². The van der Waals surface area contributed by atoms with E-state index in [0.717, 1.165) is 12.0 Å². The molecule has 0 amide bonds. The van der Waals surface area contributed by atoms with E-state index in [9.17, 15) is 0 Å². The van der Waals surface area contributed by atoms with Gasteiger partial charge in [-0.1, -0.05) is 27.2 Å². The summed E-state index contributed by atoms with van der Waals surface area (Å²) in [7, 11) is 0. The van der Waals surface area contributed by atoms with E-state index in [-0.39, 0.29) is 0 Å². The van der Waals surface area contributed by atoms with E-state index in [1.54, 1.807) is 0 Å². The van der Waals surface area contributed by atoms with Crippen LogP contribution in [0.15, 0.2) is 0 Å². The van der Waals surface area contributed by atoms with Gasteiger partial charge in [0.2, 0.25) is 0 Å². The van der Waals surface area contributed by atoms with E-state index in [1.165, 1.54) is 58.3 Å². The van der Waals surface area contributed by atoms with Gasteiger partial charge in [-0.15, -0.1) is 0 Å². The Kier molecular flexibility index (Phi) is 8.01. The van der Waals surface area contributed by atoms with Crippen LogP contribution in [0, 0.1) is 5.92 Å². The van der Waals surface area contributed by atoms with Crippen LogP contribution in [0.1, 0.15) is 66.7 Å². The Morgan fingerprint density at radius 3 is 2.42 bits per heavy atom.